The van der Waals surface area contributed by atoms with E-state index in [1.54, 1.807) is 32.9 Å². The van der Waals surface area contributed by atoms with Gasteiger partial charge in [-0.05, 0) is 45.2 Å². The summed E-state index contributed by atoms with van der Waals surface area (Å²) in [6.45, 7) is 8.97. The largest absolute Gasteiger partial charge is 0.444 e. The molecule has 0 spiro atoms. The number of carbonyl (C=O) groups excluding carboxylic acids is 4. The summed E-state index contributed by atoms with van der Waals surface area (Å²) < 4.78 is 5.19. The summed E-state index contributed by atoms with van der Waals surface area (Å²) in [7, 11) is 0. The average Bonchev–Trinajstić information content (AvgIpc) is 2.84. The number of hydrogen-bond donors (Lipinski definition) is 1. The molecule has 152 valence electrons. The molecule has 1 heterocycles. The maximum atomic E-state index is 12.7. The van der Waals surface area contributed by atoms with Crippen LogP contribution in [0.2, 0.25) is 0 Å². The van der Waals surface area contributed by atoms with Crippen LogP contribution in [0.15, 0.2) is 24.3 Å². The van der Waals surface area contributed by atoms with Crippen LogP contribution in [0, 0.1) is 5.92 Å². The van der Waals surface area contributed by atoms with E-state index in [9.17, 15) is 19.2 Å². The lowest BCUT2D eigenvalue weighted by Crippen LogP contribution is -2.47. The molecule has 0 aromatic heterocycles. The Morgan fingerprint density at radius 1 is 1.11 bits per heavy atom. The molecular formula is C20H26N2O6. The van der Waals surface area contributed by atoms with Crippen molar-refractivity contribution in [2.24, 2.45) is 5.92 Å². The fourth-order valence-corrected chi connectivity index (χ4v) is 2.64. The number of rotatable bonds is 6. The smallest absolute Gasteiger partial charge is 0.408 e. The molecule has 1 aliphatic heterocycles. The summed E-state index contributed by atoms with van der Waals surface area (Å²) in [6, 6.07) is 5.14. The minimum Gasteiger partial charge on any atom is -0.444 e. The van der Waals surface area contributed by atoms with E-state index in [0.717, 1.165) is 6.42 Å². The van der Waals surface area contributed by atoms with Gasteiger partial charge in [0, 0.05) is 0 Å². The fourth-order valence-electron chi connectivity index (χ4n) is 2.64. The van der Waals surface area contributed by atoms with Crippen LogP contribution >= 0.6 is 0 Å². The van der Waals surface area contributed by atoms with Crippen molar-refractivity contribution >= 4 is 23.9 Å². The molecule has 2 rings (SSSR count). The van der Waals surface area contributed by atoms with E-state index in [2.05, 4.69) is 5.32 Å². The second-order valence-corrected chi connectivity index (χ2v) is 7.81. The zero-order valence-corrected chi connectivity index (χ0v) is 16.8. The second-order valence-electron chi connectivity index (χ2n) is 7.81. The molecule has 1 aromatic rings. The van der Waals surface area contributed by atoms with E-state index < -0.39 is 35.5 Å². The first-order chi connectivity index (χ1) is 13.0. The minimum atomic E-state index is -1.06. The molecule has 28 heavy (non-hydrogen) atoms. The van der Waals surface area contributed by atoms with Crippen LogP contribution < -0.4 is 5.32 Å². The summed E-state index contributed by atoms with van der Waals surface area (Å²) in [5.74, 6) is -2.24. The molecule has 0 saturated carbocycles. The summed E-state index contributed by atoms with van der Waals surface area (Å²) in [5, 5.41) is 2.92. The van der Waals surface area contributed by atoms with Gasteiger partial charge in [0.1, 0.15) is 11.6 Å². The van der Waals surface area contributed by atoms with E-state index in [1.807, 2.05) is 13.8 Å². The van der Waals surface area contributed by atoms with Gasteiger partial charge in [-0.15, -0.1) is 0 Å². The molecule has 1 aromatic carbocycles. The van der Waals surface area contributed by atoms with Gasteiger partial charge in [-0.3, -0.25) is 9.59 Å². The highest BCUT2D eigenvalue weighted by Gasteiger charge is 2.40. The normalized spacial score (nSPS) is 15.7. The predicted molar refractivity (Wildman–Crippen MR) is 100 cm³/mol. The van der Waals surface area contributed by atoms with Gasteiger partial charge in [0.15, 0.2) is 0 Å². The molecule has 8 nitrogen and oxygen atoms in total. The van der Waals surface area contributed by atoms with Crippen molar-refractivity contribution in [3.8, 4) is 0 Å². The summed E-state index contributed by atoms with van der Waals surface area (Å²) in [4.78, 5) is 54.6. The van der Waals surface area contributed by atoms with E-state index in [1.165, 1.54) is 12.1 Å². The van der Waals surface area contributed by atoms with E-state index in [0.29, 0.717) is 5.06 Å². The van der Waals surface area contributed by atoms with Crippen LogP contribution in [0.1, 0.15) is 68.2 Å². The second kappa shape index (κ2) is 8.41. The third-order valence-electron chi connectivity index (χ3n) is 4.25. The molecule has 2 atom stereocenters. The highest BCUT2D eigenvalue weighted by atomic mass is 16.7. The number of nitrogens with zero attached hydrogens (tertiary/aromatic N) is 1. The number of carbonyl (C=O) groups is 4. The maximum absolute atomic E-state index is 12.7. The Labute approximate surface area is 164 Å². The van der Waals surface area contributed by atoms with Crippen LogP contribution in [0.4, 0.5) is 4.79 Å². The van der Waals surface area contributed by atoms with Gasteiger partial charge in [0.25, 0.3) is 11.8 Å². The summed E-state index contributed by atoms with van der Waals surface area (Å²) >= 11 is 0. The Hall–Kier alpha value is -2.90. The van der Waals surface area contributed by atoms with Gasteiger partial charge >= 0.3 is 12.1 Å². The highest BCUT2D eigenvalue weighted by Crippen LogP contribution is 2.23. The Balaban J connectivity index is 2.13. The number of fused-ring (bicyclic) bond motifs is 1. The Bertz CT molecular complexity index is 748. The van der Waals surface area contributed by atoms with E-state index in [-0.39, 0.29) is 23.5 Å². The van der Waals surface area contributed by atoms with Gasteiger partial charge < -0.3 is 14.9 Å². The van der Waals surface area contributed by atoms with Crippen LogP contribution in [-0.4, -0.2) is 40.6 Å². The van der Waals surface area contributed by atoms with Gasteiger partial charge in [-0.1, -0.05) is 37.5 Å². The fraction of sp³-hybridized carbons (Fsp3) is 0.500. The molecule has 3 amide bonds. The van der Waals surface area contributed by atoms with Gasteiger partial charge in [0.05, 0.1) is 11.1 Å². The van der Waals surface area contributed by atoms with Gasteiger partial charge in [-0.25, -0.2) is 9.59 Å². The lowest BCUT2D eigenvalue weighted by atomic mass is 9.99. The molecule has 1 aliphatic rings. The molecular weight excluding hydrogens is 364 g/mol. The molecule has 0 saturated heterocycles. The number of hydrogen-bond acceptors (Lipinski definition) is 6. The van der Waals surface area contributed by atoms with Crippen molar-refractivity contribution in [3.63, 3.8) is 0 Å². The molecule has 8 heteroatoms. The van der Waals surface area contributed by atoms with Gasteiger partial charge in [0.2, 0.25) is 0 Å². The lowest BCUT2D eigenvalue weighted by molar-refractivity contribution is -0.171. The predicted octanol–water partition coefficient (Wildman–Crippen LogP) is 3.07. The topological polar surface area (TPSA) is 102 Å². The lowest BCUT2D eigenvalue weighted by Gasteiger charge is -2.25. The van der Waals surface area contributed by atoms with Gasteiger partial charge in [-0.2, -0.15) is 0 Å². The SMILES string of the molecule is CCC(C)CC(NC(=O)OC(C)(C)C)C(=O)ON1C(=O)c2ccccc2C1=O. The monoisotopic (exact) mass is 390 g/mol. The molecule has 0 radical (unpaired) electrons. The molecule has 1 N–H and O–H groups in total. The third-order valence-corrected chi connectivity index (χ3v) is 4.25. The first kappa shape index (κ1) is 21.4. The van der Waals surface area contributed by atoms with Crippen molar-refractivity contribution in [2.75, 3.05) is 0 Å². The van der Waals surface area contributed by atoms with E-state index in [4.69, 9.17) is 9.57 Å². The summed E-state index contributed by atoms with van der Waals surface area (Å²) in [5.41, 5.74) is -0.407. The number of alkyl carbamates (subject to hydrolysis) is 1. The number of imide groups is 1. The van der Waals surface area contributed by atoms with Crippen molar-refractivity contribution in [2.45, 2.75) is 59.1 Å². The molecule has 0 aliphatic carbocycles. The van der Waals surface area contributed by atoms with Crippen molar-refractivity contribution < 1.29 is 28.8 Å². The number of hydroxylamine groups is 2. The van der Waals surface area contributed by atoms with Crippen LogP contribution in [0.25, 0.3) is 0 Å². The first-order valence-corrected chi connectivity index (χ1v) is 9.22. The number of ether oxygens (including phenoxy) is 1. The molecule has 0 bridgehead atoms. The molecule has 0 fully saturated rings. The standard InChI is InChI=1S/C20H26N2O6/c1-6-12(2)11-15(21-19(26)27-20(3,4)5)18(25)28-22-16(23)13-9-7-8-10-14(13)17(22)24/h7-10,12,15H,6,11H2,1-5H3,(H,21,26). The first-order valence-electron chi connectivity index (χ1n) is 9.22. The van der Waals surface area contributed by atoms with Crippen LogP contribution in [-0.2, 0) is 14.4 Å². The van der Waals surface area contributed by atoms with Crippen molar-refractivity contribution in [1.29, 1.82) is 0 Å². The number of nitrogens with one attached hydrogen (secondary N) is 1. The van der Waals surface area contributed by atoms with Crippen molar-refractivity contribution in [3.05, 3.63) is 35.4 Å². The Morgan fingerprint density at radius 3 is 2.11 bits per heavy atom. The quantitative estimate of drug-likeness (QED) is 0.749. The number of benzene rings is 1. The zero-order chi connectivity index (χ0) is 21.1. The van der Waals surface area contributed by atoms with Crippen LogP contribution in [0.3, 0.4) is 0 Å². The van der Waals surface area contributed by atoms with Crippen LogP contribution in [0.5, 0.6) is 0 Å². The Morgan fingerprint density at radius 2 is 1.64 bits per heavy atom. The van der Waals surface area contributed by atoms with E-state index >= 15 is 0 Å². The minimum absolute atomic E-state index is 0.0923. The number of amides is 3. The Kier molecular flexibility index (Phi) is 6.43. The zero-order valence-electron chi connectivity index (χ0n) is 16.8. The maximum Gasteiger partial charge on any atom is 0.408 e. The third kappa shape index (κ3) is 5.09. The summed E-state index contributed by atoms with van der Waals surface area (Å²) in [6.07, 6.45) is 0.268. The molecule has 2 unspecified atom stereocenters. The average molecular weight is 390 g/mol. The van der Waals surface area contributed by atoms with Crippen molar-refractivity contribution in [1.82, 2.24) is 10.4 Å². The highest BCUT2D eigenvalue weighted by molar-refractivity contribution is 6.20.